The fourth-order valence-corrected chi connectivity index (χ4v) is 1.01. The zero-order valence-electron chi connectivity index (χ0n) is 11.3. The van der Waals surface area contributed by atoms with Gasteiger partial charge in [0.1, 0.15) is 0 Å². The van der Waals surface area contributed by atoms with Crippen molar-refractivity contribution in [1.82, 2.24) is 4.98 Å². The van der Waals surface area contributed by atoms with Crippen LogP contribution in [0.3, 0.4) is 0 Å². The minimum Gasteiger partial charge on any atom is -0.437 e. The lowest BCUT2D eigenvalue weighted by molar-refractivity contribution is 0.109. The van der Waals surface area contributed by atoms with E-state index in [0.29, 0.717) is 0 Å². The van der Waals surface area contributed by atoms with E-state index in [1.54, 1.807) is 0 Å². The Morgan fingerprint density at radius 2 is 1.29 bits per heavy atom. The van der Waals surface area contributed by atoms with Crippen LogP contribution in [0.2, 0.25) is 0 Å². The average molecular weight is 301 g/mol. The largest absolute Gasteiger partial charge is 0.514 e. The fourth-order valence-electron chi connectivity index (χ4n) is 1.01. The fraction of sp³-hybridized carbons (Fsp3) is 0.273. The lowest BCUT2D eigenvalue weighted by Gasteiger charge is -2.09. The molecule has 1 aromatic heterocycles. The first-order chi connectivity index (χ1) is 9.99. The van der Waals surface area contributed by atoms with Gasteiger partial charge in [0.15, 0.2) is 11.5 Å². The first-order valence-electron chi connectivity index (χ1n) is 5.27. The van der Waals surface area contributed by atoms with E-state index in [4.69, 9.17) is 9.47 Å². The van der Waals surface area contributed by atoms with E-state index in [-0.39, 0.29) is 17.4 Å². The van der Waals surface area contributed by atoms with Crippen LogP contribution in [0.4, 0.5) is 14.4 Å². The van der Waals surface area contributed by atoms with E-state index in [1.807, 2.05) is 0 Å². The first-order valence-corrected chi connectivity index (χ1v) is 5.27. The van der Waals surface area contributed by atoms with E-state index >= 15 is 0 Å². The van der Waals surface area contributed by atoms with Crippen molar-refractivity contribution >= 4 is 18.5 Å². The number of aromatic nitrogens is 1. The third-order valence-electron chi connectivity index (χ3n) is 1.88. The Hall–Kier alpha value is -3.04. The number of hydrogen-bond donors (Lipinski definition) is 0. The van der Waals surface area contributed by atoms with Crippen molar-refractivity contribution in [3.63, 3.8) is 0 Å². The molecule has 0 saturated carbocycles. The number of carbonyl (C=O) groups excluding carboxylic acids is 3. The second-order valence-electron chi connectivity index (χ2n) is 3.14. The highest BCUT2D eigenvalue weighted by atomic mass is 16.7. The molecule has 0 N–H and O–H groups in total. The van der Waals surface area contributed by atoms with E-state index in [0.717, 1.165) is 33.6 Å². The molecule has 10 nitrogen and oxygen atoms in total. The summed E-state index contributed by atoms with van der Waals surface area (Å²) in [6.07, 6.45) is -2.20. The summed E-state index contributed by atoms with van der Waals surface area (Å²) in [5.74, 6) is -0.774. The number of ether oxygens (including phenoxy) is 6. The topological polar surface area (TPSA) is 119 Å². The summed E-state index contributed by atoms with van der Waals surface area (Å²) >= 11 is 0. The van der Waals surface area contributed by atoms with Crippen LogP contribution in [0.15, 0.2) is 12.3 Å². The molecule has 0 amide bonds. The minimum absolute atomic E-state index is 0.246. The number of nitrogens with zero attached hydrogens (tertiary/aromatic N) is 1. The molecule has 0 saturated heterocycles. The third kappa shape index (κ3) is 4.86. The first kappa shape index (κ1) is 16.0. The van der Waals surface area contributed by atoms with Gasteiger partial charge in [-0.1, -0.05) is 0 Å². The Balaban J connectivity index is 3.03. The van der Waals surface area contributed by atoms with E-state index in [9.17, 15) is 14.4 Å². The molecule has 0 radical (unpaired) electrons. The van der Waals surface area contributed by atoms with Crippen molar-refractivity contribution in [3.8, 4) is 17.4 Å². The minimum atomic E-state index is -1.08. The van der Waals surface area contributed by atoms with Gasteiger partial charge in [0.2, 0.25) is 5.88 Å². The highest BCUT2D eigenvalue weighted by molar-refractivity contribution is 5.69. The highest BCUT2D eigenvalue weighted by Gasteiger charge is 2.18. The maximum absolute atomic E-state index is 11.1. The number of rotatable bonds is 3. The molecule has 1 heterocycles. The van der Waals surface area contributed by atoms with Crippen LogP contribution >= 0.6 is 0 Å². The van der Waals surface area contributed by atoms with Gasteiger partial charge in [0.05, 0.1) is 27.5 Å². The van der Waals surface area contributed by atoms with Crippen LogP contribution < -0.4 is 14.2 Å². The van der Waals surface area contributed by atoms with Gasteiger partial charge in [0, 0.05) is 6.07 Å². The third-order valence-corrected chi connectivity index (χ3v) is 1.88. The molecule has 0 bridgehead atoms. The second kappa shape index (κ2) is 7.53. The van der Waals surface area contributed by atoms with Gasteiger partial charge >= 0.3 is 18.5 Å². The molecule has 21 heavy (non-hydrogen) atoms. The van der Waals surface area contributed by atoms with Gasteiger partial charge in [0.25, 0.3) is 0 Å². The number of pyridine rings is 1. The highest BCUT2D eigenvalue weighted by Crippen LogP contribution is 2.30. The van der Waals surface area contributed by atoms with E-state index < -0.39 is 18.5 Å². The molecular weight excluding hydrogens is 290 g/mol. The average Bonchev–Trinajstić information content (AvgIpc) is 2.49. The summed E-state index contributed by atoms with van der Waals surface area (Å²) in [6, 6.07) is 1.02. The van der Waals surface area contributed by atoms with Crippen LogP contribution in [0, 0.1) is 0 Å². The molecule has 0 aromatic carbocycles. The molecule has 114 valence electrons. The maximum Gasteiger partial charge on any atom is 0.514 e. The van der Waals surface area contributed by atoms with Crippen molar-refractivity contribution in [2.24, 2.45) is 0 Å². The lowest BCUT2D eigenvalue weighted by Crippen LogP contribution is -2.13. The van der Waals surface area contributed by atoms with E-state index in [1.165, 1.54) is 0 Å². The Morgan fingerprint density at radius 1 is 0.810 bits per heavy atom. The standard InChI is InChI=1S/C11H11NO9/c1-16-9(13)19-6-4-8(21-11(15)18-3)12-5-7(6)20-10(14)17-2/h4-5H,1-3H3. The monoisotopic (exact) mass is 301 g/mol. The summed E-state index contributed by atoms with van der Waals surface area (Å²) in [5.41, 5.74) is 0. The maximum atomic E-state index is 11.1. The molecule has 0 atom stereocenters. The Morgan fingerprint density at radius 3 is 1.81 bits per heavy atom. The smallest absolute Gasteiger partial charge is 0.437 e. The predicted molar refractivity (Wildman–Crippen MR) is 63.3 cm³/mol. The molecule has 1 rings (SSSR count). The molecule has 0 aliphatic heterocycles. The summed E-state index contributed by atoms with van der Waals surface area (Å²) in [5, 5.41) is 0. The normalized spacial score (nSPS) is 9.29. The predicted octanol–water partition coefficient (Wildman–Crippen LogP) is 1.52. The van der Waals surface area contributed by atoms with Crippen molar-refractivity contribution in [1.29, 1.82) is 0 Å². The second-order valence-corrected chi connectivity index (χ2v) is 3.14. The van der Waals surface area contributed by atoms with Gasteiger partial charge < -0.3 is 28.4 Å². The van der Waals surface area contributed by atoms with Crippen LogP contribution in [0.5, 0.6) is 17.4 Å². The van der Waals surface area contributed by atoms with Crippen LogP contribution in [0.25, 0.3) is 0 Å². The van der Waals surface area contributed by atoms with Crippen LogP contribution in [-0.4, -0.2) is 44.8 Å². The molecule has 0 aliphatic rings. The van der Waals surface area contributed by atoms with Gasteiger partial charge in [-0.2, -0.15) is 0 Å². The number of methoxy groups -OCH3 is 3. The Kier molecular flexibility index (Phi) is 5.74. The van der Waals surface area contributed by atoms with Crippen LogP contribution in [0.1, 0.15) is 0 Å². The van der Waals surface area contributed by atoms with Crippen molar-refractivity contribution in [2.75, 3.05) is 21.3 Å². The quantitative estimate of drug-likeness (QED) is 0.600. The molecule has 0 spiro atoms. The summed E-state index contributed by atoms with van der Waals surface area (Å²) in [7, 11) is 3.27. The molecule has 10 heteroatoms. The molecular formula is C11H11NO9. The zero-order valence-corrected chi connectivity index (χ0v) is 11.3. The van der Waals surface area contributed by atoms with Gasteiger partial charge in [-0.3, -0.25) is 0 Å². The van der Waals surface area contributed by atoms with Gasteiger partial charge in [-0.15, -0.1) is 0 Å². The summed E-state index contributed by atoms with van der Waals surface area (Å²) < 4.78 is 26.9. The molecule has 0 fully saturated rings. The van der Waals surface area contributed by atoms with Crippen molar-refractivity contribution in [3.05, 3.63) is 12.3 Å². The molecule has 1 aromatic rings. The van der Waals surface area contributed by atoms with E-state index in [2.05, 4.69) is 23.9 Å². The van der Waals surface area contributed by atoms with Crippen molar-refractivity contribution < 1.29 is 42.8 Å². The zero-order chi connectivity index (χ0) is 15.8. The molecule has 0 unspecified atom stereocenters. The SMILES string of the molecule is COC(=O)Oc1cc(OC(=O)OC)c(OC(=O)OC)cn1. The summed E-state index contributed by atoms with van der Waals surface area (Å²) in [4.78, 5) is 36.8. The number of carbonyl (C=O) groups is 3. The van der Waals surface area contributed by atoms with Gasteiger partial charge in [-0.05, 0) is 0 Å². The van der Waals surface area contributed by atoms with Crippen molar-refractivity contribution in [2.45, 2.75) is 0 Å². The Bertz CT molecular complexity index is 542. The molecule has 0 aliphatic carbocycles. The van der Waals surface area contributed by atoms with Gasteiger partial charge in [-0.25, -0.2) is 19.4 Å². The number of hydrogen-bond acceptors (Lipinski definition) is 10. The van der Waals surface area contributed by atoms with Crippen LogP contribution in [-0.2, 0) is 14.2 Å². The Labute approximate surface area is 118 Å². The summed E-state index contributed by atoms with van der Waals surface area (Å²) in [6.45, 7) is 0. The lowest BCUT2D eigenvalue weighted by atomic mass is 10.4.